The second-order valence-corrected chi connectivity index (χ2v) is 5.87. The van der Waals surface area contributed by atoms with Crippen LogP contribution < -0.4 is 10.6 Å². The minimum Gasteiger partial charge on any atom is -0.322 e. The van der Waals surface area contributed by atoms with Crippen molar-refractivity contribution in [2.24, 2.45) is 0 Å². The summed E-state index contributed by atoms with van der Waals surface area (Å²) in [4.78, 5) is 12.3. The number of anilines is 1. The molecule has 1 fully saturated rings. The first-order chi connectivity index (χ1) is 10.8. The highest BCUT2D eigenvalue weighted by molar-refractivity contribution is 6.04. The van der Waals surface area contributed by atoms with Crippen molar-refractivity contribution < 1.29 is 4.79 Å². The third-order valence-corrected chi connectivity index (χ3v) is 4.12. The molecule has 0 bridgehead atoms. The summed E-state index contributed by atoms with van der Waals surface area (Å²) >= 11 is 0. The van der Waals surface area contributed by atoms with Crippen molar-refractivity contribution in [3.63, 3.8) is 0 Å². The zero-order valence-corrected chi connectivity index (χ0v) is 12.7. The fourth-order valence-electron chi connectivity index (χ4n) is 2.95. The minimum absolute atomic E-state index is 0.0512. The molecule has 3 heteroatoms. The van der Waals surface area contributed by atoms with Crippen LogP contribution in [0.15, 0.2) is 54.6 Å². The summed E-state index contributed by atoms with van der Waals surface area (Å²) in [5.41, 5.74) is 2.77. The fourth-order valence-corrected chi connectivity index (χ4v) is 2.95. The highest BCUT2D eigenvalue weighted by Crippen LogP contribution is 2.15. The fraction of sp³-hybridized carbons (Fsp3) is 0.316. The Morgan fingerprint density at radius 2 is 1.95 bits per heavy atom. The van der Waals surface area contributed by atoms with Crippen molar-refractivity contribution >= 4 is 11.6 Å². The Kier molecular flexibility index (Phi) is 4.86. The number of hydrogen-bond donors (Lipinski definition) is 2. The van der Waals surface area contributed by atoms with Gasteiger partial charge < -0.3 is 10.6 Å². The van der Waals surface area contributed by atoms with Crippen LogP contribution in [0.3, 0.4) is 0 Å². The Hall–Kier alpha value is -2.13. The van der Waals surface area contributed by atoms with Crippen molar-refractivity contribution in [1.29, 1.82) is 0 Å². The Bertz CT molecular complexity index is 618. The summed E-state index contributed by atoms with van der Waals surface area (Å²) in [6.07, 6.45) is 4.79. The van der Waals surface area contributed by atoms with Crippen molar-refractivity contribution in [2.45, 2.75) is 31.7 Å². The van der Waals surface area contributed by atoms with Crippen LogP contribution in [-0.2, 0) is 6.42 Å². The highest BCUT2D eigenvalue weighted by Gasteiger charge is 2.14. The molecule has 0 radical (unpaired) electrons. The number of amides is 1. The number of nitrogens with one attached hydrogen (secondary N) is 2. The van der Waals surface area contributed by atoms with Gasteiger partial charge in [-0.25, -0.2) is 0 Å². The SMILES string of the molecule is O=C(Nc1ccccc1)c1cccc(C[C@H]2CCCCN2)c1. The maximum Gasteiger partial charge on any atom is 0.255 e. The van der Waals surface area contributed by atoms with Gasteiger partial charge in [-0.15, -0.1) is 0 Å². The van der Waals surface area contributed by atoms with Gasteiger partial charge in [-0.2, -0.15) is 0 Å². The second-order valence-electron chi connectivity index (χ2n) is 5.87. The van der Waals surface area contributed by atoms with E-state index in [1.165, 1.54) is 24.8 Å². The van der Waals surface area contributed by atoms with Crippen LogP contribution in [0.25, 0.3) is 0 Å². The van der Waals surface area contributed by atoms with E-state index in [2.05, 4.69) is 16.7 Å². The number of para-hydroxylation sites is 1. The largest absolute Gasteiger partial charge is 0.322 e. The summed E-state index contributed by atoms with van der Waals surface area (Å²) in [6.45, 7) is 1.11. The molecule has 0 aliphatic carbocycles. The Morgan fingerprint density at radius 3 is 2.73 bits per heavy atom. The Balaban J connectivity index is 1.66. The van der Waals surface area contributed by atoms with E-state index in [9.17, 15) is 4.79 Å². The van der Waals surface area contributed by atoms with Gasteiger partial charge in [0.2, 0.25) is 0 Å². The number of hydrogen-bond acceptors (Lipinski definition) is 2. The monoisotopic (exact) mass is 294 g/mol. The molecule has 22 heavy (non-hydrogen) atoms. The van der Waals surface area contributed by atoms with Crippen LogP contribution in [0.4, 0.5) is 5.69 Å². The van der Waals surface area contributed by atoms with Gasteiger partial charge in [-0.05, 0) is 55.6 Å². The smallest absolute Gasteiger partial charge is 0.255 e. The minimum atomic E-state index is -0.0512. The molecule has 0 unspecified atom stereocenters. The van der Waals surface area contributed by atoms with Crippen LogP contribution in [0.1, 0.15) is 35.2 Å². The number of benzene rings is 2. The van der Waals surface area contributed by atoms with Crippen LogP contribution in [0.2, 0.25) is 0 Å². The van der Waals surface area contributed by atoms with E-state index >= 15 is 0 Å². The van der Waals surface area contributed by atoms with Gasteiger partial charge in [0.05, 0.1) is 0 Å². The first-order valence-corrected chi connectivity index (χ1v) is 8.00. The van der Waals surface area contributed by atoms with Crippen molar-refractivity contribution in [3.8, 4) is 0 Å². The Morgan fingerprint density at radius 1 is 1.09 bits per heavy atom. The molecule has 0 saturated carbocycles. The standard InChI is InChI=1S/C19H22N2O/c22-19(21-17-9-2-1-3-10-17)16-8-6-7-15(13-16)14-18-11-4-5-12-20-18/h1-3,6-10,13,18,20H,4-5,11-12,14H2,(H,21,22)/t18-/m1/s1. The van der Waals surface area contributed by atoms with E-state index in [-0.39, 0.29) is 5.91 Å². The van der Waals surface area contributed by atoms with Gasteiger partial charge in [0.15, 0.2) is 0 Å². The molecule has 2 aromatic carbocycles. The summed E-state index contributed by atoms with van der Waals surface area (Å²) in [5, 5.41) is 6.49. The van der Waals surface area contributed by atoms with Crippen LogP contribution in [0.5, 0.6) is 0 Å². The molecule has 2 N–H and O–H groups in total. The van der Waals surface area contributed by atoms with Crippen molar-refractivity contribution in [2.75, 3.05) is 11.9 Å². The summed E-state index contributed by atoms with van der Waals surface area (Å²) in [7, 11) is 0. The zero-order chi connectivity index (χ0) is 15.2. The molecule has 0 aromatic heterocycles. The van der Waals surface area contributed by atoms with Gasteiger partial charge in [-0.1, -0.05) is 36.8 Å². The lowest BCUT2D eigenvalue weighted by atomic mass is 9.97. The average molecular weight is 294 g/mol. The molecule has 3 rings (SSSR count). The van der Waals surface area contributed by atoms with E-state index < -0.39 is 0 Å². The molecule has 1 atom stereocenters. The molecule has 2 aromatic rings. The van der Waals surface area contributed by atoms with E-state index in [1.807, 2.05) is 48.5 Å². The molecule has 0 spiro atoms. The highest BCUT2D eigenvalue weighted by atomic mass is 16.1. The number of rotatable bonds is 4. The third-order valence-electron chi connectivity index (χ3n) is 4.12. The van der Waals surface area contributed by atoms with Crippen LogP contribution >= 0.6 is 0 Å². The average Bonchev–Trinajstić information content (AvgIpc) is 2.57. The molecule has 114 valence electrons. The van der Waals surface area contributed by atoms with Crippen molar-refractivity contribution in [3.05, 3.63) is 65.7 Å². The molecule has 3 nitrogen and oxygen atoms in total. The normalized spacial score (nSPS) is 17.9. The van der Waals surface area contributed by atoms with Gasteiger partial charge in [0.25, 0.3) is 5.91 Å². The van der Waals surface area contributed by atoms with E-state index in [1.54, 1.807) is 0 Å². The quantitative estimate of drug-likeness (QED) is 0.904. The predicted molar refractivity (Wildman–Crippen MR) is 90.2 cm³/mol. The van der Waals surface area contributed by atoms with Crippen molar-refractivity contribution in [1.82, 2.24) is 5.32 Å². The maximum atomic E-state index is 12.3. The Labute approximate surface area is 131 Å². The first kappa shape index (κ1) is 14.8. The molecule has 1 aliphatic heterocycles. The van der Waals surface area contributed by atoms with Gasteiger partial charge in [0.1, 0.15) is 0 Å². The molecule has 1 aliphatic rings. The third kappa shape index (κ3) is 3.95. The number of carbonyl (C=O) groups is 1. The lowest BCUT2D eigenvalue weighted by molar-refractivity contribution is 0.102. The van der Waals surface area contributed by atoms with E-state index in [0.29, 0.717) is 6.04 Å². The molecular formula is C19H22N2O. The molecule has 1 heterocycles. The summed E-state index contributed by atoms with van der Waals surface area (Å²) in [5.74, 6) is -0.0512. The predicted octanol–water partition coefficient (Wildman–Crippen LogP) is 3.62. The summed E-state index contributed by atoms with van der Waals surface area (Å²) in [6, 6.07) is 18.1. The molecular weight excluding hydrogens is 272 g/mol. The van der Waals surface area contributed by atoms with Gasteiger partial charge in [-0.3, -0.25) is 4.79 Å². The maximum absolute atomic E-state index is 12.3. The topological polar surface area (TPSA) is 41.1 Å². The van der Waals surface area contributed by atoms with Gasteiger partial charge >= 0.3 is 0 Å². The molecule has 1 amide bonds. The van der Waals surface area contributed by atoms with Crippen LogP contribution in [0, 0.1) is 0 Å². The lowest BCUT2D eigenvalue weighted by Crippen LogP contribution is -2.35. The van der Waals surface area contributed by atoms with Gasteiger partial charge in [0, 0.05) is 17.3 Å². The molecule has 1 saturated heterocycles. The van der Waals surface area contributed by atoms with Crippen LogP contribution in [-0.4, -0.2) is 18.5 Å². The lowest BCUT2D eigenvalue weighted by Gasteiger charge is -2.23. The second kappa shape index (κ2) is 7.23. The first-order valence-electron chi connectivity index (χ1n) is 8.00. The number of carbonyl (C=O) groups excluding carboxylic acids is 1. The zero-order valence-electron chi connectivity index (χ0n) is 12.7. The number of piperidine rings is 1. The summed E-state index contributed by atoms with van der Waals surface area (Å²) < 4.78 is 0. The van der Waals surface area contributed by atoms with E-state index in [0.717, 1.165) is 24.2 Å². The van der Waals surface area contributed by atoms with E-state index in [4.69, 9.17) is 0 Å².